The van der Waals surface area contributed by atoms with E-state index in [9.17, 15) is 8.78 Å². The summed E-state index contributed by atoms with van der Waals surface area (Å²) in [7, 11) is 0. The van der Waals surface area contributed by atoms with Gasteiger partial charge in [-0.05, 0) is 5.92 Å². The van der Waals surface area contributed by atoms with E-state index in [1.807, 2.05) is 0 Å². The fourth-order valence-electron chi connectivity index (χ4n) is 1.46. The molecule has 1 N–H and O–H groups in total. The van der Waals surface area contributed by atoms with Gasteiger partial charge in [0.1, 0.15) is 0 Å². The summed E-state index contributed by atoms with van der Waals surface area (Å²) >= 11 is 0. The summed E-state index contributed by atoms with van der Waals surface area (Å²) in [5.41, 5.74) is 0. The van der Waals surface area contributed by atoms with Gasteiger partial charge >= 0.3 is 0 Å². The highest BCUT2D eigenvalue weighted by Gasteiger charge is 2.45. The molecule has 1 heterocycles. The molecule has 1 aliphatic rings. The van der Waals surface area contributed by atoms with Crippen LogP contribution in [0.25, 0.3) is 0 Å². The molecule has 12 heavy (non-hydrogen) atoms. The van der Waals surface area contributed by atoms with Crippen molar-refractivity contribution in [2.45, 2.75) is 25.2 Å². The van der Waals surface area contributed by atoms with E-state index < -0.39 is 5.92 Å². The first-order valence-corrected chi connectivity index (χ1v) is 3.76. The summed E-state index contributed by atoms with van der Waals surface area (Å²) in [6.45, 7) is 0. The first-order chi connectivity index (χ1) is 5.66. The lowest BCUT2D eigenvalue weighted by Gasteiger charge is -2.33. The highest BCUT2D eigenvalue weighted by atomic mass is 19.3. The fraction of sp³-hybridized carbons (Fsp3) is 0.833. The van der Waals surface area contributed by atoms with Crippen LogP contribution in [0.4, 0.5) is 8.78 Å². The van der Waals surface area contributed by atoms with Crippen LogP contribution in [0, 0.1) is 5.92 Å². The summed E-state index contributed by atoms with van der Waals surface area (Å²) in [5, 5.41) is 13.0. The zero-order valence-corrected chi connectivity index (χ0v) is 6.30. The maximum absolute atomic E-state index is 12.4. The second-order valence-corrected chi connectivity index (χ2v) is 3.16. The summed E-state index contributed by atoms with van der Waals surface area (Å²) in [6.07, 6.45) is 0.426. The lowest BCUT2D eigenvalue weighted by Crippen LogP contribution is -2.36. The minimum Gasteiger partial charge on any atom is -0.207 e. The number of tetrazole rings is 1. The van der Waals surface area contributed by atoms with Gasteiger partial charge in [-0.1, -0.05) is 5.21 Å². The lowest BCUT2D eigenvalue weighted by molar-refractivity contribution is -0.110. The predicted molar refractivity (Wildman–Crippen MR) is 35.6 cm³/mol. The number of nitrogens with zero attached hydrogens (tertiary/aromatic N) is 3. The van der Waals surface area contributed by atoms with Crippen molar-refractivity contribution in [1.29, 1.82) is 0 Å². The van der Waals surface area contributed by atoms with Crippen LogP contribution in [-0.2, 0) is 6.42 Å². The maximum atomic E-state index is 12.4. The molecule has 0 aliphatic heterocycles. The van der Waals surface area contributed by atoms with Crippen LogP contribution in [0.1, 0.15) is 18.7 Å². The molecule has 1 aromatic rings. The van der Waals surface area contributed by atoms with E-state index >= 15 is 0 Å². The largest absolute Gasteiger partial charge is 0.248 e. The second-order valence-electron chi connectivity index (χ2n) is 3.16. The molecule has 0 amide bonds. The molecule has 0 radical (unpaired) electrons. The van der Waals surface area contributed by atoms with Gasteiger partial charge in [0.15, 0.2) is 5.82 Å². The highest BCUT2D eigenvalue weighted by molar-refractivity contribution is 4.92. The van der Waals surface area contributed by atoms with Gasteiger partial charge in [0, 0.05) is 19.3 Å². The number of aromatic amines is 1. The Morgan fingerprint density at radius 1 is 1.50 bits per heavy atom. The summed E-state index contributed by atoms with van der Waals surface area (Å²) < 4.78 is 24.7. The highest BCUT2D eigenvalue weighted by Crippen LogP contribution is 2.43. The number of nitrogens with one attached hydrogen (secondary N) is 1. The molecular formula is C6H8F2N4. The molecule has 0 unspecified atom stereocenters. The van der Waals surface area contributed by atoms with E-state index in [-0.39, 0.29) is 18.8 Å². The lowest BCUT2D eigenvalue weighted by atomic mass is 9.79. The van der Waals surface area contributed by atoms with Crippen molar-refractivity contribution >= 4 is 0 Å². The van der Waals surface area contributed by atoms with E-state index in [0.717, 1.165) is 0 Å². The van der Waals surface area contributed by atoms with Gasteiger partial charge in [0.25, 0.3) is 0 Å². The molecule has 1 saturated carbocycles. The normalized spacial score (nSPS) is 22.2. The number of alkyl halides is 2. The Morgan fingerprint density at radius 3 is 2.75 bits per heavy atom. The molecule has 0 aromatic carbocycles. The third kappa shape index (κ3) is 1.41. The van der Waals surface area contributed by atoms with Crippen LogP contribution in [0.15, 0.2) is 0 Å². The molecule has 0 bridgehead atoms. The number of halogens is 2. The van der Waals surface area contributed by atoms with Crippen LogP contribution >= 0.6 is 0 Å². The van der Waals surface area contributed by atoms with Gasteiger partial charge in [-0.3, -0.25) is 0 Å². The van der Waals surface area contributed by atoms with Crippen LogP contribution in [0.2, 0.25) is 0 Å². The van der Waals surface area contributed by atoms with Crippen LogP contribution in [0.3, 0.4) is 0 Å². The van der Waals surface area contributed by atoms with Gasteiger partial charge in [-0.25, -0.2) is 8.78 Å². The zero-order valence-electron chi connectivity index (χ0n) is 6.30. The van der Waals surface area contributed by atoms with Crippen LogP contribution in [-0.4, -0.2) is 26.5 Å². The Morgan fingerprint density at radius 2 is 2.25 bits per heavy atom. The first kappa shape index (κ1) is 7.57. The standard InChI is InChI=1S/C6H8F2N4/c7-6(8)2-4(3-6)1-5-9-11-12-10-5/h4H,1-3H2,(H,9,10,11,12). The van der Waals surface area contributed by atoms with Gasteiger partial charge in [0.05, 0.1) is 0 Å². The molecule has 66 valence electrons. The fourth-order valence-corrected chi connectivity index (χ4v) is 1.46. The molecule has 0 spiro atoms. The Kier molecular flexibility index (Phi) is 1.55. The van der Waals surface area contributed by atoms with Crippen molar-refractivity contribution in [1.82, 2.24) is 20.6 Å². The molecule has 0 saturated heterocycles. The summed E-state index contributed by atoms with van der Waals surface area (Å²) in [5.74, 6) is -1.90. The molecular weight excluding hydrogens is 166 g/mol. The molecule has 2 rings (SSSR count). The monoisotopic (exact) mass is 174 g/mol. The summed E-state index contributed by atoms with van der Waals surface area (Å²) in [6, 6.07) is 0. The SMILES string of the molecule is FC1(F)CC(Cc2nn[nH]n2)C1. The molecule has 1 aromatic heterocycles. The predicted octanol–water partition coefficient (Wildman–Crippen LogP) is 0.787. The van der Waals surface area contributed by atoms with Crippen molar-refractivity contribution in [3.8, 4) is 0 Å². The Labute approximate surface area is 67.4 Å². The third-order valence-electron chi connectivity index (χ3n) is 2.04. The van der Waals surface area contributed by atoms with Crippen LogP contribution in [0.5, 0.6) is 0 Å². The molecule has 1 fully saturated rings. The first-order valence-electron chi connectivity index (χ1n) is 3.76. The minimum absolute atomic E-state index is 0.0256. The van der Waals surface area contributed by atoms with E-state index in [4.69, 9.17) is 0 Å². The maximum Gasteiger partial charge on any atom is 0.248 e. The van der Waals surface area contributed by atoms with Gasteiger partial charge in [-0.15, -0.1) is 10.2 Å². The number of rotatable bonds is 2. The van der Waals surface area contributed by atoms with Gasteiger partial charge in [0.2, 0.25) is 5.92 Å². The van der Waals surface area contributed by atoms with E-state index in [2.05, 4.69) is 20.6 Å². The number of aromatic nitrogens is 4. The van der Waals surface area contributed by atoms with E-state index in [0.29, 0.717) is 12.2 Å². The van der Waals surface area contributed by atoms with Crippen molar-refractivity contribution in [3.63, 3.8) is 0 Å². The molecule has 1 aliphatic carbocycles. The van der Waals surface area contributed by atoms with Gasteiger partial charge < -0.3 is 0 Å². The second kappa shape index (κ2) is 2.46. The van der Waals surface area contributed by atoms with E-state index in [1.165, 1.54) is 0 Å². The average molecular weight is 174 g/mol. The Hall–Kier alpha value is -1.07. The zero-order chi connectivity index (χ0) is 8.60. The van der Waals surface area contributed by atoms with Crippen molar-refractivity contribution in [2.24, 2.45) is 5.92 Å². The molecule has 6 heteroatoms. The Balaban J connectivity index is 1.84. The smallest absolute Gasteiger partial charge is 0.207 e. The topological polar surface area (TPSA) is 54.5 Å². The van der Waals surface area contributed by atoms with Crippen LogP contribution < -0.4 is 0 Å². The Bertz CT molecular complexity index is 251. The number of H-pyrrole nitrogens is 1. The van der Waals surface area contributed by atoms with Crippen molar-refractivity contribution in [2.75, 3.05) is 0 Å². The summed E-state index contributed by atoms with van der Waals surface area (Å²) in [4.78, 5) is 0. The third-order valence-corrected chi connectivity index (χ3v) is 2.04. The van der Waals surface area contributed by atoms with E-state index in [1.54, 1.807) is 0 Å². The van der Waals surface area contributed by atoms with Gasteiger partial charge in [-0.2, -0.15) is 5.21 Å². The number of hydrogen-bond donors (Lipinski definition) is 1. The average Bonchev–Trinajstić information content (AvgIpc) is 2.35. The van der Waals surface area contributed by atoms with Crippen molar-refractivity contribution < 1.29 is 8.78 Å². The molecule has 4 nitrogen and oxygen atoms in total. The van der Waals surface area contributed by atoms with Crippen molar-refractivity contribution in [3.05, 3.63) is 5.82 Å². The quantitative estimate of drug-likeness (QED) is 0.721. The minimum atomic E-state index is -2.45. The number of hydrogen-bond acceptors (Lipinski definition) is 3. The molecule has 0 atom stereocenters.